The third-order valence-corrected chi connectivity index (χ3v) is 7.14. The Morgan fingerprint density at radius 1 is 1.07 bits per heavy atom. The Bertz CT molecular complexity index is 731. The number of sulfonamides is 1. The Hall–Kier alpha value is -1.44. The van der Waals surface area contributed by atoms with Crippen LogP contribution < -0.4 is 10.0 Å². The van der Waals surface area contributed by atoms with Crippen LogP contribution in [0.25, 0.3) is 0 Å². The largest absolute Gasteiger partial charge is 0.351 e. The zero-order valence-corrected chi connectivity index (χ0v) is 17.6. The summed E-state index contributed by atoms with van der Waals surface area (Å²) in [6.07, 6.45) is 5.70. The Morgan fingerprint density at radius 3 is 2.50 bits per heavy atom. The molecule has 6 nitrogen and oxygen atoms in total. The zero-order valence-electron chi connectivity index (χ0n) is 16.8. The van der Waals surface area contributed by atoms with Crippen LogP contribution in [0, 0.1) is 5.92 Å². The molecule has 1 heterocycles. The van der Waals surface area contributed by atoms with Gasteiger partial charge < -0.3 is 5.32 Å². The van der Waals surface area contributed by atoms with E-state index in [-0.39, 0.29) is 12.1 Å². The number of rotatable bonds is 7. The number of likely N-dealkylation sites (tertiary alicyclic amines) is 1. The highest BCUT2D eigenvalue weighted by atomic mass is 32.2. The maximum atomic E-state index is 12.4. The minimum absolute atomic E-state index is 0.00990. The van der Waals surface area contributed by atoms with Gasteiger partial charge in [0.2, 0.25) is 15.9 Å². The highest BCUT2D eigenvalue weighted by Gasteiger charge is 2.27. The molecule has 2 aliphatic rings. The topological polar surface area (TPSA) is 78.5 Å². The Labute approximate surface area is 169 Å². The first-order valence-electron chi connectivity index (χ1n) is 10.5. The van der Waals surface area contributed by atoms with Gasteiger partial charge >= 0.3 is 0 Å². The lowest BCUT2D eigenvalue weighted by atomic mass is 9.88. The Morgan fingerprint density at radius 2 is 1.79 bits per heavy atom. The summed E-state index contributed by atoms with van der Waals surface area (Å²) in [5.74, 6) is -0.216. The molecular weight excluding hydrogens is 374 g/mol. The molecule has 1 unspecified atom stereocenters. The van der Waals surface area contributed by atoms with Gasteiger partial charge in [-0.2, -0.15) is 0 Å². The average Bonchev–Trinajstić information content (AvgIpc) is 2.64. The summed E-state index contributed by atoms with van der Waals surface area (Å²) in [7, 11) is -3.59. The summed E-state index contributed by atoms with van der Waals surface area (Å²) in [6, 6.07) is 10.3. The summed E-state index contributed by atoms with van der Waals surface area (Å²) in [6.45, 7) is 4.81. The summed E-state index contributed by atoms with van der Waals surface area (Å²) in [5.41, 5.74) is 1.25. The van der Waals surface area contributed by atoms with Gasteiger partial charge in [0.15, 0.2) is 0 Å². The molecule has 1 saturated heterocycles. The fourth-order valence-corrected chi connectivity index (χ4v) is 5.53. The average molecular weight is 408 g/mol. The van der Waals surface area contributed by atoms with Gasteiger partial charge in [-0.3, -0.25) is 9.69 Å². The Kier molecular flexibility index (Phi) is 7.48. The van der Waals surface area contributed by atoms with Crippen LogP contribution in [0.2, 0.25) is 0 Å². The monoisotopic (exact) mass is 407 g/mol. The van der Waals surface area contributed by atoms with Crippen LogP contribution in [0.15, 0.2) is 30.3 Å². The summed E-state index contributed by atoms with van der Waals surface area (Å²) in [5, 5.41) is 2.94. The van der Waals surface area contributed by atoms with Crippen LogP contribution in [-0.4, -0.2) is 50.2 Å². The smallest absolute Gasteiger partial charge is 0.236 e. The van der Waals surface area contributed by atoms with Crippen molar-refractivity contribution in [3.05, 3.63) is 35.9 Å². The molecule has 0 spiro atoms. The molecule has 0 bridgehead atoms. The van der Waals surface area contributed by atoms with Crippen molar-refractivity contribution in [1.82, 2.24) is 14.9 Å². The second kappa shape index (κ2) is 9.85. The predicted molar refractivity (Wildman–Crippen MR) is 111 cm³/mol. The molecule has 1 aliphatic carbocycles. The molecule has 1 aliphatic heterocycles. The van der Waals surface area contributed by atoms with E-state index in [9.17, 15) is 13.2 Å². The fraction of sp³-hybridized carbons (Fsp3) is 0.667. The van der Waals surface area contributed by atoms with Crippen molar-refractivity contribution in [3.8, 4) is 0 Å². The number of hydrogen-bond acceptors (Lipinski definition) is 4. The molecular formula is C21H33N3O3S. The van der Waals surface area contributed by atoms with Gasteiger partial charge in [0.25, 0.3) is 0 Å². The maximum Gasteiger partial charge on any atom is 0.236 e. The second-order valence-corrected chi connectivity index (χ2v) is 10.2. The van der Waals surface area contributed by atoms with E-state index < -0.39 is 21.7 Å². The number of hydrogen-bond donors (Lipinski definition) is 2. The van der Waals surface area contributed by atoms with Crippen LogP contribution in [0.3, 0.4) is 0 Å². The lowest BCUT2D eigenvalue weighted by Crippen LogP contribution is -2.50. The first-order chi connectivity index (χ1) is 13.4. The quantitative estimate of drug-likeness (QED) is 0.727. The van der Waals surface area contributed by atoms with Gasteiger partial charge in [0.05, 0.1) is 0 Å². The summed E-state index contributed by atoms with van der Waals surface area (Å²) < 4.78 is 27.4. The normalized spacial score (nSPS) is 26.7. The summed E-state index contributed by atoms with van der Waals surface area (Å²) in [4.78, 5) is 14.7. The van der Waals surface area contributed by atoms with Gasteiger partial charge in [0, 0.05) is 25.2 Å². The lowest BCUT2D eigenvalue weighted by Gasteiger charge is -2.33. The van der Waals surface area contributed by atoms with Crippen LogP contribution in [-0.2, 0) is 21.4 Å². The van der Waals surface area contributed by atoms with Crippen molar-refractivity contribution in [2.24, 2.45) is 5.92 Å². The van der Waals surface area contributed by atoms with E-state index in [0.29, 0.717) is 5.92 Å². The first kappa shape index (κ1) is 21.3. The van der Waals surface area contributed by atoms with E-state index in [4.69, 9.17) is 0 Å². The Balaban J connectivity index is 1.44. The van der Waals surface area contributed by atoms with Gasteiger partial charge in [-0.25, -0.2) is 13.1 Å². The summed E-state index contributed by atoms with van der Waals surface area (Å²) >= 11 is 0. The van der Waals surface area contributed by atoms with Crippen molar-refractivity contribution < 1.29 is 13.2 Å². The number of benzene rings is 1. The first-order valence-corrected chi connectivity index (χ1v) is 12.1. The maximum absolute atomic E-state index is 12.4. The zero-order chi connectivity index (χ0) is 20.0. The van der Waals surface area contributed by atoms with Gasteiger partial charge in [-0.15, -0.1) is 0 Å². The molecule has 1 amide bonds. The van der Waals surface area contributed by atoms with Crippen molar-refractivity contribution in [2.45, 2.75) is 64.1 Å². The van der Waals surface area contributed by atoms with E-state index in [2.05, 4.69) is 34.0 Å². The molecule has 7 heteroatoms. The van der Waals surface area contributed by atoms with E-state index >= 15 is 0 Å². The number of piperidine rings is 1. The number of nitrogens with one attached hydrogen (secondary N) is 2. The highest BCUT2D eigenvalue weighted by molar-refractivity contribution is 7.90. The predicted octanol–water partition coefficient (Wildman–Crippen LogP) is 2.27. The number of amides is 1. The third kappa shape index (κ3) is 6.87. The molecule has 2 N–H and O–H groups in total. The molecule has 1 atom stereocenters. The standard InChI is InChI=1S/C21H33N3O3S/c1-17-9-11-19(12-10-17)23-28(26,27)16-21(25)22-20-8-5-13-24(15-20)14-18-6-3-2-4-7-18/h2-4,6-7,17,19-20,23H,5,8-16H2,1H3,(H,22,25). The SMILES string of the molecule is CC1CCC(NS(=O)(=O)CC(=O)NC2CCCN(Cc3ccccc3)C2)CC1. The minimum atomic E-state index is -3.59. The van der Waals surface area contributed by atoms with Gasteiger partial charge in [0.1, 0.15) is 5.75 Å². The number of nitrogens with zero attached hydrogens (tertiary/aromatic N) is 1. The third-order valence-electron chi connectivity index (χ3n) is 5.80. The van der Waals surface area contributed by atoms with E-state index in [1.54, 1.807) is 0 Å². The molecule has 0 radical (unpaired) electrons. The van der Waals surface area contributed by atoms with Crippen LogP contribution in [0.5, 0.6) is 0 Å². The number of carbonyl (C=O) groups is 1. The van der Waals surface area contributed by atoms with Crippen LogP contribution >= 0.6 is 0 Å². The van der Waals surface area contributed by atoms with Crippen molar-refractivity contribution in [2.75, 3.05) is 18.8 Å². The molecule has 1 saturated carbocycles. The second-order valence-electron chi connectivity index (χ2n) is 8.46. The van der Waals surface area contributed by atoms with Crippen molar-refractivity contribution in [3.63, 3.8) is 0 Å². The molecule has 1 aromatic rings. The highest BCUT2D eigenvalue weighted by Crippen LogP contribution is 2.23. The van der Waals surface area contributed by atoms with Crippen molar-refractivity contribution in [1.29, 1.82) is 0 Å². The minimum Gasteiger partial charge on any atom is -0.351 e. The van der Waals surface area contributed by atoms with Gasteiger partial charge in [-0.05, 0) is 56.6 Å². The molecule has 3 rings (SSSR count). The molecule has 2 fully saturated rings. The van der Waals surface area contributed by atoms with Crippen LogP contribution in [0.4, 0.5) is 0 Å². The van der Waals surface area contributed by atoms with Crippen molar-refractivity contribution >= 4 is 15.9 Å². The molecule has 28 heavy (non-hydrogen) atoms. The fourth-order valence-electron chi connectivity index (χ4n) is 4.27. The molecule has 0 aromatic heterocycles. The lowest BCUT2D eigenvalue weighted by molar-refractivity contribution is -0.119. The van der Waals surface area contributed by atoms with Gasteiger partial charge in [-0.1, -0.05) is 37.3 Å². The number of carbonyl (C=O) groups excluding carboxylic acids is 1. The molecule has 156 valence electrons. The molecule has 1 aromatic carbocycles. The van der Waals surface area contributed by atoms with Crippen LogP contribution in [0.1, 0.15) is 51.0 Å². The van der Waals surface area contributed by atoms with E-state index in [1.165, 1.54) is 5.56 Å². The van der Waals surface area contributed by atoms with E-state index in [0.717, 1.165) is 58.2 Å². The van der Waals surface area contributed by atoms with E-state index in [1.807, 2.05) is 18.2 Å².